The highest BCUT2D eigenvalue weighted by Gasteiger charge is 2.24. The Balaban J connectivity index is 1.31. The number of rotatable bonds is 8. The van der Waals surface area contributed by atoms with E-state index in [1.54, 1.807) is 13.2 Å². The van der Waals surface area contributed by atoms with Crippen LogP contribution in [0.1, 0.15) is 35.6 Å². The molecule has 1 fully saturated rings. The van der Waals surface area contributed by atoms with Gasteiger partial charge in [-0.1, -0.05) is 78.9 Å². The van der Waals surface area contributed by atoms with E-state index in [0.717, 1.165) is 57.3 Å². The van der Waals surface area contributed by atoms with Gasteiger partial charge in [0, 0.05) is 37.7 Å². The van der Waals surface area contributed by atoms with Gasteiger partial charge in [0.25, 0.3) is 5.56 Å². The minimum atomic E-state index is -0.0399. The molecule has 5 nitrogen and oxygen atoms in total. The molecule has 202 valence electrons. The summed E-state index contributed by atoms with van der Waals surface area (Å²) in [6.07, 6.45) is 2.04. The molecule has 2 atom stereocenters. The Morgan fingerprint density at radius 2 is 1.62 bits per heavy atom. The third-order valence-corrected chi connectivity index (χ3v) is 7.65. The van der Waals surface area contributed by atoms with Crippen LogP contribution in [0.2, 0.25) is 0 Å². The molecule has 40 heavy (non-hydrogen) atoms. The molecule has 0 radical (unpaired) electrons. The summed E-state index contributed by atoms with van der Waals surface area (Å²) in [6.45, 7) is 1.61. The SMILES string of the molecule is COC1CCOC(c2cccc(COc3ccc4c(-c5ccccc5)cc(=O)n(Cc5ccccc5)c4c3)c2)C1. The Labute approximate surface area is 234 Å². The van der Waals surface area contributed by atoms with Gasteiger partial charge in [0.2, 0.25) is 0 Å². The number of nitrogens with zero attached hydrogens (tertiary/aromatic N) is 1. The fourth-order valence-corrected chi connectivity index (χ4v) is 5.50. The van der Waals surface area contributed by atoms with Gasteiger partial charge in [0.15, 0.2) is 0 Å². The molecule has 1 aliphatic rings. The third kappa shape index (κ3) is 5.71. The summed E-state index contributed by atoms with van der Waals surface area (Å²) in [5, 5.41) is 1.01. The van der Waals surface area contributed by atoms with Crippen LogP contribution in [-0.4, -0.2) is 24.4 Å². The molecule has 2 unspecified atom stereocenters. The van der Waals surface area contributed by atoms with Crippen molar-refractivity contribution in [2.75, 3.05) is 13.7 Å². The lowest BCUT2D eigenvalue weighted by molar-refractivity contribution is -0.0599. The van der Waals surface area contributed by atoms with Crippen molar-refractivity contribution in [3.05, 3.63) is 136 Å². The first kappa shape index (κ1) is 26.1. The molecule has 1 saturated heterocycles. The Morgan fingerprint density at radius 3 is 2.42 bits per heavy atom. The van der Waals surface area contributed by atoms with Crippen molar-refractivity contribution in [3.8, 4) is 16.9 Å². The molecule has 1 aliphatic heterocycles. The molecule has 0 saturated carbocycles. The van der Waals surface area contributed by atoms with Gasteiger partial charge >= 0.3 is 0 Å². The smallest absolute Gasteiger partial charge is 0.251 e. The molecule has 0 aliphatic carbocycles. The zero-order chi connectivity index (χ0) is 27.3. The molecule has 1 aromatic heterocycles. The van der Waals surface area contributed by atoms with Crippen molar-refractivity contribution >= 4 is 10.9 Å². The Kier molecular flexibility index (Phi) is 7.76. The van der Waals surface area contributed by atoms with Crippen molar-refractivity contribution in [1.29, 1.82) is 0 Å². The lowest BCUT2D eigenvalue weighted by atomic mass is 9.98. The van der Waals surface area contributed by atoms with Crippen LogP contribution in [0, 0.1) is 0 Å². The topological polar surface area (TPSA) is 49.7 Å². The van der Waals surface area contributed by atoms with Crippen LogP contribution in [0.15, 0.2) is 114 Å². The van der Waals surface area contributed by atoms with Crippen LogP contribution in [0.25, 0.3) is 22.0 Å². The van der Waals surface area contributed by atoms with Gasteiger partial charge in [-0.2, -0.15) is 0 Å². The van der Waals surface area contributed by atoms with Crippen LogP contribution < -0.4 is 10.3 Å². The number of aromatic nitrogens is 1. The molecule has 0 bridgehead atoms. The van der Waals surface area contributed by atoms with Crippen LogP contribution in [0.4, 0.5) is 0 Å². The molecule has 5 heteroatoms. The summed E-state index contributed by atoms with van der Waals surface area (Å²) in [4.78, 5) is 13.5. The van der Waals surface area contributed by atoms with Gasteiger partial charge in [0.1, 0.15) is 12.4 Å². The zero-order valence-corrected chi connectivity index (χ0v) is 22.7. The molecule has 2 heterocycles. The normalized spacial score (nSPS) is 17.1. The maximum absolute atomic E-state index is 13.5. The monoisotopic (exact) mass is 531 g/mol. The van der Waals surface area contributed by atoms with Crippen LogP contribution >= 0.6 is 0 Å². The van der Waals surface area contributed by atoms with Gasteiger partial charge in [-0.05, 0) is 52.4 Å². The second kappa shape index (κ2) is 11.9. The van der Waals surface area contributed by atoms with E-state index >= 15 is 0 Å². The lowest BCUT2D eigenvalue weighted by Gasteiger charge is -2.29. The summed E-state index contributed by atoms with van der Waals surface area (Å²) in [5.41, 5.74) is 6.03. The predicted octanol–water partition coefficient (Wildman–Crippen LogP) is 7.16. The summed E-state index contributed by atoms with van der Waals surface area (Å²) < 4.78 is 19.7. The minimum absolute atomic E-state index is 0.0307. The lowest BCUT2D eigenvalue weighted by Crippen LogP contribution is -2.25. The van der Waals surface area contributed by atoms with Crippen molar-refractivity contribution in [1.82, 2.24) is 4.57 Å². The second-order valence-corrected chi connectivity index (χ2v) is 10.3. The Bertz CT molecular complexity index is 1650. The first-order chi connectivity index (χ1) is 19.7. The third-order valence-electron chi connectivity index (χ3n) is 7.65. The summed E-state index contributed by atoms with van der Waals surface area (Å²) in [5.74, 6) is 0.720. The van der Waals surface area contributed by atoms with Gasteiger partial charge in [-0.15, -0.1) is 0 Å². The van der Waals surface area contributed by atoms with E-state index in [9.17, 15) is 4.79 Å². The molecule has 0 amide bonds. The number of fused-ring (bicyclic) bond motifs is 1. The molecule has 4 aromatic carbocycles. The number of benzene rings is 4. The van der Waals surface area contributed by atoms with Crippen LogP contribution in [-0.2, 0) is 22.6 Å². The van der Waals surface area contributed by atoms with Crippen LogP contribution in [0.3, 0.4) is 0 Å². The van der Waals surface area contributed by atoms with Crippen molar-refractivity contribution in [2.24, 2.45) is 0 Å². The van der Waals surface area contributed by atoms with Gasteiger partial charge in [-0.3, -0.25) is 4.79 Å². The van der Waals surface area contributed by atoms with Gasteiger partial charge < -0.3 is 18.8 Å². The van der Waals surface area contributed by atoms with Crippen LogP contribution in [0.5, 0.6) is 5.75 Å². The maximum Gasteiger partial charge on any atom is 0.251 e. The standard InChI is InChI=1S/C35H33NO4/c1-38-29-17-18-39-34(21-29)28-14-8-11-26(19-28)24-40-30-15-16-31-32(27-12-6-3-7-13-27)22-35(37)36(33(31)20-30)23-25-9-4-2-5-10-25/h2-16,19-20,22,29,34H,17-18,21,23-24H2,1H3. The highest BCUT2D eigenvalue weighted by Crippen LogP contribution is 2.32. The number of pyridine rings is 1. The molecular formula is C35H33NO4. The van der Waals surface area contributed by atoms with E-state index in [1.807, 2.05) is 77.4 Å². The fourth-order valence-electron chi connectivity index (χ4n) is 5.50. The zero-order valence-electron chi connectivity index (χ0n) is 22.7. The van der Waals surface area contributed by atoms with E-state index in [-0.39, 0.29) is 17.8 Å². The van der Waals surface area contributed by atoms with E-state index in [1.165, 1.54) is 0 Å². The second-order valence-electron chi connectivity index (χ2n) is 10.3. The van der Waals surface area contributed by atoms with Gasteiger partial charge in [-0.25, -0.2) is 0 Å². The minimum Gasteiger partial charge on any atom is -0.489 e. The maximum atomic E-state index is 13.5. The number of hydrogen-bond acceptors (Lipinski definition) is 4. The average Bonchev–Trinajstić information content (AvgIpc) is 3.02. The highest BCUT2D eigenvalue weighted by molar-refractivity contribution is 5.95. The summed E-state index contributed by atoms with van der Waals surface area (Å²) >= 11 is 0. The summed E-state index contributed by atoms with van der Waals surface area (Å²) in [6, 6.07) is 36.3. The number of hydrogen-bond donors (Lipinski definition) is 0. The first-order valence-electron chi connectivity index (χ1n) is 13.8. The molecular weight excluding hydrogens is 498 g/mol. The van der Waals surface area contributed by atoms with Crippen molar-refractivity contribution < 1.29 is 14.2 Å². The molecule has 6 rings (SSSR count). The Hall–Kier alpha value is -4.19. The quantitative estimate of drug-likeness (QED) is 0.213. The average molecular weight is 532 g/mol. The predicted molar refractivity (Wildman–Crippen MR) is 159 cm³/mol. The van der Waals surface area contributed by atoms with E-state index in [2.05, 4.69) is 30.3 Å². The number of methoxy groups -OCH3 is 1. The van der Waals surface area contributed by atoms with E-state index in [4.69, 9.17) is 14.2 Å². The molecule has 5 aromatic rings. The Morgan fingerprint density at radius 1 is 0.850 bits per heavy atom. The van der Waals surface area contributed by atoms with Gasteiger partial charge in [0.05, 0.1) is 24.3 Å². The van der Waals surface area contributed by atoms with E-state index < -0.39 is 0 Å². The number of ether oxygens (including phenoxy) is 3. The highest BCUT2D eigenvalue weighted by atomic mass is 16.5. The largest absolute Gasteiger partial charge is 0.489 e. The van der Waals surface area contributed by atoms with E-state index in [0.29, 0.717) is 19.8 Å². The molecule has 0 N–H and O–H groups in total. The fraction of sp³-hybridized carbons (Fsp3) is 0.229. The van der Waals surface area contributed by atoms with Crippen molar-refractivity contribution in [3.63, 3.8) is 0 Å². The molecule has 0 spiro atoms. The summed E-state index contributed by atoms with van der Waals surface area (Å²) in [7, 11) is 1.77. The van der Waals surface area contributed by atoms with Crippen molar-refractivity contribution in [2.45, 2.75) is 38.2 Å². The first-order valence-corrected chi connectivity index (χ1v) is 13.8.